The first-order valence-electron chi connectivity index (χ1n) is 11.5. The molecular weight excluding hydrogens is 644 g/mol. The van der Waals surface area contributed by atoms with Crippen LogP contribution >= 0.6 is 0 Å². The monoisotopic (exact) mass is 676 g/mol. The minimum Gasteiger partial charge on any atom is -0.543 e. The predicted octanol–water partition coefficient (Wildman–Crippen LogP) is -2.00. The van der Waals surface area contributed by atoms with Gasteiger partial charge in [-0.05, 0) is 38.4 Å². The molecule has 11 heteroatoms. The number of rotatable bonds is 6. The van der Waals surface area contributed by atoms with Crippen LogP contribution in [-0.2, 0) is 13.1 Å². The summed E-state index contributed by atoms with van der Waals surface area (Å²) in [7, 11) is 4.16. The fraction of sp³-hybridized carbons (Fsp3) is 0.500. The second-order valence-corrected chi connectivity index (χ2v) is 8.76. The minimum absolute atomic E-state index is 0. The number of hydrogen-bond acceptors (Lipinski definition) is 10. The Labute approximate surface area is 226 Å². The molecule has 3 rings (SSSR count). The molecule has 10 nitrogen and oxygen atoms in total. The average molecular weight is 676 g/mol. The van der Waals surface area contributed by atoms with Crippen LogP contribution in [0.15, 0.2) is 36.4 Å². The van der Waals surface area contributed by atoms with Gasteiger partial charge in [-0.1, -0.05) is 12.1 Å². The van der Waals surface area contributed by atoms with E-state index in [2.05, 4.69) is 43.7 Å². The van der Waals surface area contributed by atoms with Crippen molar-refractivity contribution in [3.05, 3.63) is 59.2 Å². The maximum Gasteiger partial charge on any atom is 2.00 e. The van der Waals surface area contributed by atoms with Gasteiger partial charge in [0.15, 0.2) is 0 Å². The van der Waals surface area contributed by atoms with Crippen LogP contribution < -0.4 is 10.2 Å². The third kappa shape index (κ3) is 9.88. The Balaban J connectivity index is 0.00000432. The van der Waals surface area contributed by atoms with Gasteiger partial charge in [-0.3, -0.25) is 19.8 Å². The van der Waals surface area contributed by atoms with Crippen molar-refractivity contribution in [2.24, 2.45) is 0 Å². The number of carbonyl (C=O) groups excluding carboxylic acids is 2. The van der Waals surface area contributed by atoms with Crippen LogP contribution in [0.4, 0.5) is 0 Å². The maximum absolute atomic E-state index is 11.1. The molecule has 0 atom stereocenters. The normalized spacial score (nSPS) is 17.7. The van der Waals surface area contributed by atoms with Crippen LogP contribution in [0.2, 0.25) is 0 Å². The van der Waals surface area contributed by atoms with Crippen molar-refractivity contribution in [1.29, 1.82) is 0 Å². The van der Waals surface area contributed by atoms with Gasteiger partial charge in [0.2, 0.25) is 0 Å². The number of likely N-dealkylation sites (N-methyl/N-ethyl adjacent to an activating group) is 2. The van der Waals surface area contributed by atoms with E-state index in [1.165, 1.54) is 12.1 Å². The zero-order valence-corrected chi connectivity index (χ0v) is 24.2. The molecule has 0 amide bonds. The smallest absolute Gasteiger partial charge is 0.543 e. The van der Waals surface area contributed by atoms with Crippen LogP contribution in [-0.4, -0.2) is 135 Å². The summed E-state index contributed by atoms with van der Waals surface area (Å²) in [6, 6.07) is 10.00. The van der Waals surface area contributed by atoms with Gasteiger partial charge in [0.25, 0.3) is 0 Å². The first kappa shape index (κ1) is 29.2. The molecule has 0 aliphatic carbocycles. The molecule has 35 heavy (non-hydrogen) atoms. The molecule has 186 valence electrons. The summed E-state index contributed by atoms with van der Waals surface area (Å²) in [5.41, 5.74) is 1.36. The summed E-state index contributed by atoms with van der Waals surface area (Å²) in [4.78, 5) is 39.8. The van der Waals surface area contributed by atoms with Crippen LogP contribution in [0, 0.1) is 0 Å². The SMILES string of the molecule is CN1CCN(Cc2cccc(C(=O)[O-])n2)CCN(C)CCN(Cc2cccc(C(=O)[O-])n2)CC1.[Pb+2]. The van der Waals surface area contributed by atoms with Gasteiger partial charge in [0.1, 0.15) is 0 Å². The molecule has 0 bridgehead atoms. The van der Waals surface area contributed by atoms with Gasteiger partial charge >= 0.3 is 27.3 Å². The van der Waals surface area contributed by atoms with Crippen LogP contribution in [0.3, 0.4) is 0 Å². The summed E-state index contributed by atoms with van der Waals surface area (Å²) >= 11 is 0. The zero-order valence-electron chi connectivity index (χ0n) is 20.4. The Morgan fingerprint density at radius 2 is 1.03 bits per heavy atom. The van der Waals surface area contributed by atoms with Crippen LogP contribution in [0.5, 0.6) is 0 Å². The summed E-state index contributed by atoms with van der Waals surface area (Å²) in [6.45, 7) is 7.91. The number of hydrogen-bond donors (Lipinski definition) is 0. The topological polar surface area (TPSA) is 119 Å². The quantitative estimate of drug-likeness (QED) is 0.319. The van der Waals surface area contributed by atoms with Crippen molar-refractivity contribution in [2.45, 2.75) is 13.1 Å². The summed E-state index contributed by atoms with van der Waals surface area (Å²) in [5.74, 6) is -2.53. The fourth-order valence-corrected chi connectivity index (χ4v) is 3.83. The number of carboxylic acid groups (broad SMARTS) is 2. The van der Waals surface area contributed by atoms with E-state index in [1.54, 1.807) is 12.1 Å². The van der Waals surface area contributed by atoms with Gasteiger partial charge in [-0.2, -0.15) is 0 Å². The number of pyridine rings is 2. The molecule has 0 N–H and O–H groups in total. The molecule has 2 aromatic heterocycles. The molecule has 0 aromatic carbocycles. The Morgan fingerprint density at radius 3 is 1.34 bits per heavy atom. The van der Waals surface area contributed by atoms with Crippen LogP contribution in [0.25, 0.3) is 0 Å². The van der Waals surface area contributed by atoms with Gasteiger partial charge in [-0.15, -0.1) is 0 Å². The number of aromatic carboxylic acids is 2. The third-order valence-corrected chi connectivity index (χ3v) is 5.99. The minimum atomic E-state index is -1.26. The van der Waals surface area contributed by atoms with Crippen molar-refractivity contribution >= 4 is 39.2 Å². The Morgan fingerprint density at radius 1 is 0.686 bits per heavy atom. The summed E-state index contributed by atoms with van der Waals surface area (Å²) in [6.07, 6.45) is 0. The molecule has 2 aromatic rings. The van der Waals surface area contributed by atoms with E-state index >= 15 is 0 Å². The second kappa shape index (κ2) is 14.5. The van der Waals surface area contributed by atoms with Crippen molar-refractivity contribution in [1.82, 2.24) is 29.6 Å². The molecule has 1 fully saturated rings. The van der Waals surface area contributed by atoms with E-state index < -0.39 is 11.9 Å². The van der Waals surface area contributed by atoms with E-state index in [0.29, 0.717) is 13.1 Å². The van der Waals surface area contributed by atoms with E-state index in [9.17, 15) is 19.8 Å². The maximum atomic E-state index is 11.1. The van der Waals surface area contributed by atoms with Gasteiger partial charge < -0.3 is 29.6 Å². The van der Waals surface area contributed by atoms with Crippen LogP contribution in [0.1, 0.15) is 32.4 Å². The Bertz CT molecular complexity index is 885. The van der Waals surface area contributed by atoms with Gasteiger partial charge in [0, 0.05) is 65.4 Å². The second-order valence-electron chi connectivity index (χ2n) is 8.76. The van der Waals surface area contributed by atoms with E-state index in [4.69, 9.17) is 0 Å². The molecule has 0 saturated carbocycles. The first-order valence-corrected chi connectivity index (χ1v) is 11.5. The number of nitrogens with zero attached hydrogens (tertiary/aromatic N) is 6. The third-order valence-electron chi connectivity index (χ3n) is 5.99. The molecule has 1 aliphatic heterocycles. The number of aromatic nitrogens is 2. The molecule has 3 heterocycles. The summed E-state index contributed by atoms with van der Waals surface area (Å²) < 4.78 is 0. The van der Waals surface area contributed by atoms with Gasteiger partial charge in [0.05, 0.1) is 34.7 Å². The molecule has 1 aliphatic rings. The van der Waals surface area contributed by atoms with E-state index in [1.807, 2.05) is 12.1 Å². The van der Waals surface area contributed by atoms with E-state index in [-0.39, 0.29) is 38.7 Å². The fourth-order valence-electron chi connectivity index (χ4n) is 3.83. The molecule has 1 saturated heterocycles. The molecule has 0 spiro atoms. The van der Waals surface area contributed by atoms with Crippen molar-refractivity contribution in [3.8, 4) is 0 Å². The number of carbonyl (C=O) groups is 2. The summed E-state index contributed by atoms with van der Waals surface area (Å²) in [5, 5.41) is 22.3. The molecular formula is C24H32N6O4Pb. The molecule has 0 unspecified atom stereocenters. The van der Waals surface area contributed by atoms with Gasteiger partial charge in [-0.25, -0.2) is 0 Å². The standard InChI is InChI=1S/C24H34N6O4.Pb/c1-27-9-13-29(17-19-5-3-7-21(25-19)23(31)32)15-11-28(2)12-16-30(14-10-27)18-20-6-4-8-22(26-20)24(33)34;/h3-8H,9-18H2,1-2H3,(H,31,32)(H,33,34);/q;+2/p-2. The van der Waals surface area contributed by atoms with Crippen molar-refractivity contribution in [3.63, 3.8) is 0 Å². The Hall–Kier alpha value is -2.00. The van der Waals surface area contributed by atoms with Crippen molar-refractivity contribution < 1.29 is 19.8 Å². The average Bonchev–Trinajstić information content (AvgIpc) is 2.82. The Kier molecular flexibility index (Phi) is 12.1. The zero-order chi connectivity index (χ0) is 24.5. The predicted molar refractivity (Wildman–Crippen MR) is 128 cm³/mol. The molecule has 2 radical (unpaired) electrons. The number of carboxylic acids is 2. The largest absolute Gasteiger partial charge is 2.00 e. The van der Waals surface area contributed by atoms with E-state index in [0.717, 1.165) is 63.7 Å². The van der Waals surface area contributed by atoms with Crippen molar-refractivity contribution in [2.75, 3.05) is 66.5 Å². The first-order chi connectivity index (χ1) is 16.3.